The topological polar surface area (TPSA) is 74.2 Å². The van der Waals surface area contributed by atoms with E-state index in [1.54, 1.807) is 6.08 Å². The lowest BCUT2D eigenvalue weighted by molar-refractivity contribution is 0.114. The van der Waals surface area contributed by atoms with Crippen LogP contribution in [0.5, 0.6) is 0 Å². The van der Waals surface area contributed by atoms with Gasteiger partial charge in [-0.3, -0.25) is 0 Å². The van der Waals surface area contributed by atoms with Crippen LogP contribution in [0.3, 0.4) is 0 Å². The van der Waals surface area contributed by atoms with Gasteiger partial charge in [0.1, 0.15) is 6.61 Å². The van der Waals surface area contributed by atoms with Gasteiger partial charge in [-0.25, -0.2) is 0 Å². The van der Waals surface area contributed by atoms with E-state index in [2.05, 4.69) is 17.1 Å². The minimum Gasteiger partial charge on any atom is -0.399 e. The van der Waals surface area contributed by atoms with E-state index in [1.807, 2.05) is 30.3 Å². The van der Waals surface area contributed by atoms with Gasteiger partial charge in [0.05, 0.1) is 0 Å². The molecule has 0 radical (unpaired) electrons. The second-order valence-electron chi connectivity index (χ2n) is 4.10. The Kier molecular flexibility index (Phi) is 4.69. The number of hydrogen-bond donors (Lipinski definition) is 1. The van der Waals surface area contributed by atoms with Crippen molar-refractivity contribution in [2.75, 3.05) is 12.3 Å². The van der Waals surface area contributed by atoms with Gasteiger partial charge < -0.3 is 15.0 Å². The standard InChI is InChI=1S/C14H17N3O2/c1-2-8-18-10-13-16-14(19-17-13)7-6-11-4-3-5-12(15)9-11/h3-7,9H,2,8,10,15H2,1H3/b7-6+. The molecule has 5 nitrogen and oxygen atoms in total. The molecule has 0 amide bonds. The molecule has 100 valence electrons. The van der Waals surface area contributed by atoms with Crippen molar-refractivity contribution in [3.05, 3.63) is 41.5 Å². The Hall–Kier alpha value is -2.14. The Morgan fingerprint density at radius 3 is 3.05 bits per heavy atom. The molecule has 0 spiro atoms. The van der Waals surface area contributed by atoms with Crippen molar-refractivity contribution in [1.29, 1.82) is 0 Å². The van der Waals surface area contributed by atoms with Crippen LogP contribution in [0.1, 0.15) is 30.6 Å². The predicted octanol–water partition coefficient (Wildman–Crippen LogP) is 2.75. The zero-order valence-electron chi connectivity index (χ0n) is 10.9. The van der Waals surface area contributed by atoms with Crippen molar-refractivity contribution in [3.8, 4) is 0 Å². The first kappa shape index (κ1) is 13.3. The van der Waals surface area contributed by atoms with Crippen molar-refractivity contribution in [1.82, 2.24) is 10.1 Å². The monoisotopic (exact) mass is 259 g/mol. The predicted molar refractivity (Wildman–Crippen MR) is 74.0 cm³/mol. The van der Waals surface area contributed by atoms with E-state index in [0.717, 1.165) is 17.7 Å². The van der Waals surface area contributed by atoms with E-state index in [1.165, 1.54) is 0 Å². The summed E-state index contributed by atoms with van der Waals surface area (Å²) in [6, 6.07) is 7.56. The third-order valence-electron chi connectivity index (χ3n) is 2.39. The molecule has 0 saturated carbocycles. The molecule has 0 aliphatic carbocycles. The SMILES string of the molecule is CCCOCc1noc(/C=C/c2cccc(N)c2)n1. The molecule has 1 heterocycles. The van der Waals surface area contributed by atoms with Crippen LogP contribution in [0.15, 0.2) is 28.8 Å². The van der Waals surface area contributed by atoms with E-state index in [4.69, 9.17) is 15.0 Å². The summed E-state index contributed by atoms with van der Waals surface area (Å²) in [5.74, 6) is 1.01. The Bertz CT molecular complexity index is 549. The van der Waals surface area contributed by atoms with Gasteiger partial charge in [0.25, 0.3) is 5.89 Å². The minimum absolute atomic E-state index is 0.378. The molecule has 0 atom stereocenters. The van der Waals surface area contributed by atoms with Gasteiger partial charge in [0, 0.05) is 18.4 Å². The highest BCUT2D eigenvalue weighted by Gasteiger charge is 2.02. The minimum atomic E-state index is 0.378. The third kappa shape index (κ3) is 4.22. The number of rotatable bonds is 6. The summed E-state index contributed by atoms with van der Waals surface area (Å²) in [5, 5.41) is 3.83. The first-order chi connectivity index (χ1) is 9.28. The van der Waals surface area contributed by atoms with Crippen LogP contribution < -0.4 is 5.73 Å². The number of aromatic nitrogens is 2. The summed E-state index contributed by atoms with van der Waals surface area (Å²) < 4.78 is 10.4. The molecule has 1 aromatic carbocycles. The average molecular weight is 259 g/mol. The summed E-state index contributed by atoms with van der Waals surface area (Å²) >= 11 is 0. The average Bonchev–Trinajstić information content (AvgIpc) is 2.85. The second-order valence-corrected chi connectivity index (χ2v) is 4.10. The number of nitrogens with two attached hydrogens (primary N) is 1. The van der Waals surface area contributed by atoms with Crippen LogP contribution in [0.2, 0.25) is 0 Å². The van der Waals surface area contributed by atoms with Crippen molar-refractivity contribution in [3.63, 3.8) is 0 Å². The molecule has 5 heteroatoms. The van der Waals surface area contributed by atoms with Crippen LogP contribution in [-0.2, 0) is 11.3 Å². The molecule has 2 N–H and O–H groups in total. The van der Waals surface area contributed by atoms with Gasteiger partial charge in [0.2, 0.25) is 0 Å². The summed E-state index contributed by atoms with van der Waals surface area (Å²) in [6.45, 7) is 3.13. The van der Waals surface area contributed by atoms with Crippen LogP contribution in [-0.4, -0.2) is 16.7 Å². The lowest BCUT2D eigenvalue weighted by Crippen LogP contribution is -1.95. The summed E-state index contributed by atoms with van der Waals surface area (Å²) in [7, 11) is 0. The van der Waals surface area contributed by atoms with E-state index < -0.39 is 0 Å². The first-order valence-corrected chi connectivity index (χ1v) is 6.22. The Labute approximate surface area is 112 Å². The number of ether oxygens (including phenoxy) is 1. The maximum atomic E-state index is 5.70. The largest absolute Gasteiger partial charge is 0.399 e. The summed E-state index contributed by atoms with van der Waals surface area (Å²) in [6.07, 6.45) is 4.60. The van der Waals surface area contributed by atoms with Crippen molar-refractivity contribution < 1.29 is 9.26 Å². The molecular weight excluding hydrogens is 242 g/mol. The van der Waals surface area contributed by atoms with E-state index in [0.29, 0.717) is 24.9 Å². The lowest BCUT2D eigenvalue weighted by Gasteiger charge is -1.95. The molecule has 0 aliphatic heterocycles. The number of anilines is 1. The van der Waals surface area contributed by atoms with Gasteiger partial charge in [-0.15, -0.1) is 0 Å². The molecule has 19 heavy (non-hydrogen) atoms. The van der Waals surface area contributed by atoms with Crippen LogP contribution in [0, 0.1) is 0 Å². The van der Waals surface area contributed by atoms with Crippen molar-refractivity contribution in [2.45, 2.75) is 20.0 Å². The zero-order valence-corrected chi connectivity index (χ0v) is 10.9. The smallest absolute Gasteiger partial charge is 0.250 e. The first-order valence-electron chi connectivity index (χ1n) is 6.22. The number of nitrogen functional groups attached to an aromatic ring is 1. The molecule has 0 aliphatic rings. The van der Waals surface area contributed by atoms with Gasteiger partial charge in [0.15, 0.2) is 5.82 Å². The Morgan fingerprint density at radius 2 is 2.26 bits per heavy atom. The highest BCUT2D eigenvalue weighted by Crippen LogP contribution is 2.10. The molecule has 0 bridgehead atoms. The van der Waals surface area contributed by atoms with Crippen LogP contribution in [0.4, 0.5) is 5.69 Å². The van der Waals surface area contributed by atoms with E-state index in [-0.39, 0.29) is 0 Å². The molecule has 2 aromatic rings. The number of nitrogens with zero attached hydrogens (tertiary/aromatic N) is 2. The fraction of sp³-hybridized carbons (Fsp3) is 0.286. The Balaban J connectivity index is 1.95. The van der Waals surface area contributed by atoms with E-state index in [9.17, 15) is 0 Å². The van der Waals surface area contributed by atoms with Gasteiger partial charge >= 0.3 is 0 Å². The highest BCUT2D eigenvalue weighted by molar-refractivity contribution is 5.67. The zero-order chi connectivity index (χ0) is 13.5. The normalized spacial score (nSPS) is 11.2. The van der Waals surface area contributed by atoms with Gasteiger partial charge in [-0.05, 0) is 30.2 Å². The number of hydrogen-bond acceptors (Lipinski definition) is 5. The molecule has 0 unspecified atom stereocenters. The second kappa shape index (κ2) is 6.70. The fourth-order valence-electron chi connectivity index (χ4n) is 1.53. The third-order valence-corrected chi connectivity index (χ3v) is 2.39. The molecule has 0 fully saturated rings. The quantitative estimate of drug-likeness (QED) is 0.637. The van der Waals surface area contributed by atoms with Gasteiger partial charge in [-0.1, -0.05) is 24.2 Å². The Morgan fingerprint density at radius 1 is 1.37 bits per heavy atom. The molecular formula is C14H17N3O2. The van der Waals surface area contributed by atoms with Crippen LogP contribution >= 0.6 is 0 Å². The maximum absolute atomic E-state index is 5.70. The van der Waals surface area contributed by atoms with Gasteiger partial charge in [-0.2, -0.15) is 4.98 Å². The molecule has 0 saturated heterocycles. The van der Waals surface area contributed by atoms with Crippen LogP contribution in [0.25, 0.3) is 12.2 Å². The lowest BCUT2D eigenvalue weighted by atomic mass is 10.2. The van der Waals surface area contributed by atoms with Crippen molar-refractivity contribution >= 4 is 17.8 Å². The summed E-state index contributed by atoms with van der Waals surface area (Å²) in [4.78, 5) is 4.20. The summed E-state index contributed by atoms with van der Waals surface area (Å²) in [5.41, 5.74) is 7.41. The fourth-order valence-corrected chi connectivity index (χ4v) is 1.53. The highest BCUT2D eigenvalue weighted by atomic mass is 16.5. The maximum Gasteiger partial charge on any atom is 0.250 e. The number of benzene rings is 1. The van der Waals surface area contributed by atoms with Crippen molar-refractivity contribution in [2.24, 2.45) is 0 Å². The van der Waals surface area contributed by atoms with E-state index >= 15 is 0 Å². The molecule has 1 aromatic heterocycles. The molecule has 2 rings (SSSR count).